The molecule has 1 aliphatic carbocycles. The molecule has 2 aliphatic rings. The predicted octanol–water partition coefficient (Wildman–Crippen LogP) is 1.47. The third kappa shape index (κ3) is 3.67. The Morgan fingerprint density at radius 3 is 2.94 bits per heavy atom. The average Bonchev–Trinajstić information content (AvgIpc) is 2.91. The second-order valence-corrected chi connectivity index (χ2v) is 5.78. The third-order valence-corrected chi connectivity index (χ3v) is 4.53. The fourth-order valence-corrected chi connectivity index (χ4v) is 3.61. The normalized spacial score (nSPS) is 34.6. The van der Waals surface area contributed by atoms with Crippen LogP contribution in [0.2, 0.25) is 0 Å². The standard InChI is InChI=1S/C14H28N2O/c1-2-15-14-5-3-4-13(14)11-16-8-6-12(10-16)7-9-17/h12-15,17H,2-11H2,1H3. The van der Waals surface area contributed by atoms with Crippen LogP contribution >= 0.6 is 0 Å². The molecular weight excluding hydrogens is 212 g/mol. The minimum Gasteiger partial charge on any atom is -0.396 e. The highest BCUT2D eigenvalue weighted by Crippen LogP contribution is 2.28. The molecule has 1 saturated carbocycles. The Morgan fingerprint density at radius 2 is 2.18 bits per heavy atom. The van der Waals surface area contributed by atoms with E-state index in [0.29, 0.717) is 6.61 Å². The molecule has 2 N–H and O–H groups in total. The quantitative estimate of drug-likeness (QED) is 0.738. The van der Waals surface area contributed by atoms with E-state index in [9.17, 15) is 0 Å². The van der Waals surface area contributed by atoms with Gasteiger partial charge in [0.25, 0.3) is 0 Å². The lowest BCUT2D eigenvalue weighted by Gasteiger charge is -2.26. The second-order valence-electron chi connectivity index (χ2n) is 5.78. The van der Waals surface area contributed by atoms with Gasteiger partial charge >= 0.3 is 0 Å². The summed E-state index contributed by atoms with van der Waals surface area (Å²) < 4.78 is 0. The molecule has 3 heteroatoms. The van der Waals surface area contributed by atoms with Gasteiger partial charge in [-0.3, -0.25) is 0 Å². The van der Waals surface area contributed by atoms with Crippen molar-refractivity contribution in [3.8, 4) is 0 Å². The maximum Gasteiger partial charge on any atom is 0.0434 e. The average molecular weight is 240 g/mol. The van der Waals surface area contributed by atoms with E-state index in [1.54, 1.807) is 0 Å². The highest BCUT2D eigenvalue weighted by molar-refractivity contribution is 4.87. The molecule has 0 radical (unpaired) electrons. The van der Waals surface area contributed by atoms with Crippen molar-refractivity contribution in [1.29, 1.82) is 0 Å². The first-order valence-electron chi connectivity index (χ1n) is 7.40. The first-order chi connectivity index (χ1) is 8.33. The maximum absolute atomic E-state index is 8.98. The molecule has 3 atom stereocenters. The predicted molar refractivity (Wildman–Crippen MR) is 71.1 cm³/mol. The van der Waals surface area contributed by atoms with Crippen LogP contribution in [-0.4, -0.2) is 48.8 Å². The van der Waals surface area contributed by atoms with Crippen LogP contribution in [0.3, 0.4) is 0 Å². The molecule has 0 aromatic rings. The van der Waals surface area contributed by atoms with Crippen LogP contribution in [0.1, 0.15) is 39.0 Å². The van der Waals surface area contributed by atoms with Gasteiger partial charge in [-0.05, 0) is 50.6 Å². The zero-order valence-corrected chi connectivity index (χ0v) is 11.2. The molecule has 100 valence electrons. The number of nitrogens with one attached hydrogen (secondary N) is 1. The lowest BCUT2D eigenvalue weighted by molar-refractivity contribution is 0.228. The number of nitrogens with zero attached hydrogens (tertiary/aromatic N) is 1. The summed E-state index contributed by atoms with van der Waals surface area (Å²) in [6, 6.07) is 0.761. The Bertz CT molecular complexity index is 222. The van der Waals surface area contributed by atoms with E-state index in [4.69, 9.17) is 5.11 Å². The largest absolute Gasteiger partial charge is 0.396 e. The molecule has 3 unspecified atom stereocenters. The van der Waals surface area contributed by atoms with Crippen LogP contribution in [0.15, 0.2) is 0 Å². The summed E-state index contributed by atoms with van der Waals surface area (Å²) >= 11 is 0. The van der Waals surface area contributed by atoms with Crippen molar-refractivity contribution in [1.82, 2.24) is 10.2 Å². The molecule has 0 bridgehead atoms. The number of hydrogen-bond donors (Lipinski definition) is 2. The Kier molecular flexibility index (Phi) is 5.26. The van der Waals surface area contributed by atoms with Gasteiger partial charge in [0.05, 0.1) is 0 Å². The first-order valence-corrected chi connectivity index (χ1v) is 7.40. The highest BCUT2D eigenvalue weighted by Gasteiger charge is 2.30. The number of hydrogen-bond acceptors (Lipinski definition) is 3. The van der Waals surface area contributed by atoms with Crippen LogP contribution < -0.4 is 5.32 Å². The van der Waals surface area contributed by atoms with E-state index in [-0.39, 0.29) is 0 Å². The van der Waals surface area contributed by atoms with Gasteiger partial charge in [-0.1, -0.05) is 13.3 Å². The van der Waals surface area contributed by atoms with Gasteiger partial charge in [0, 0.05) is 25.7 Å². The van der Waals surface area contributed by atoms with Crippen LogP contribution in [0, 0.1) is 11.8 Å². The highest BCUT2D eigenvalue weighted by atomic mass is 16.3. The fraction of sp³-hybridized carbons (Fsp3) is 1.00. The first kappa shape index (κ1) is 13.3. The van der Waals surface area contributed by atoms with E-state index in [2.05, 4.69) is 17.1 Å². The number of aliphatic hydroxyl groups excluding tert-OH is 1. The van der Waals surface area contributed by atoms with Crippen LogP contribution in [0.4, 0.5) is 0 Å². The van der Waals surface area contributed by atoms with Gasteiger partial charge in [-0.25, -0.2) is 0 Å². The smallest absolute Gasteiger partial charge is 0.0434 e. The van der Waals surface area contributed by atoms with Gasteiger partial charge < -0.3 is 15.3 Å². The summed E-state index contributed by atoms with van der Waals surface area (Å²) in [5, 5.41) is 12.6. The Morgan fingerprint density at radius 1 is 1.29 bits per heavy atom. The lowest BCUT2D eigenvalue weighted by Crippen LogP contribution is -2.38. The van der Waals surface area contributed by atoms with Crippen molar-refractivity contribution in [3.05, 3.63) is 0 Å². The zero-order valence-electron chi connectivity index (χ0n) is 11.2. The van der Waals surface area contributed by atoms with Crippen molar-refractivity contribution in [2.45, 2.75) is 45.1 Å². The minimum atomic E-state index is 0.363. The molecule has 17 heavy (non-hydrogen) atoms. The summed E-state index contributed by atoms with van der Waals surface area (Å²) in [5.41, 5.74) is 0. The van der Waals surface area contributed by atoms with Gasteiger partial charge in [0.1, 0.15) is 0 Å². The monoisotopic (exact) mass is 240 g/mol. The molecule has 2 rings (SSSR count). The SMILES string of the molecule is CCNC1CCCC1CN1CCC(CCO)C1. The molecule has 0 spiro atoms. The zero-order chi connectivity index (χ0) is 12.1. The van der Waals surface area contributed by atoms with E-state index in [1.165, 1.54) is 45.3 Å². The van der Waals surface area contributed by atoms with Crippen molar-refractivity contribution >= 4 is 0 Å². The van der Waals surface area contributed by atoms with Gasteiger partial charge in [-0.15, -0.1) is 0 Å². The third-order valence-electron chi connectivity index (χ3n) is 4.53. The summed E-state index contributed by atoms with van der Waals surface area (Å²) in [6.45, 7) is 7.42. The molecule has 3 nitrogen and oxygen atoms in total. The summed E-state index contributed by atoms with van der Waals surface area (Å²) in [7, 11) is 0. The minimum absolute atomic E-state index is 0.363. The van der Waals surface area contributed by atoms with Gasteiger partial charge in [0.2, 0.25) is 0 Å². The molecule has 2 fully saturated rings. The van der Waals surface area contributed by atoms with Crippen molar-refractivity contribution in [2.24, 2.45) is 11.8 Å². The summed E-state index contributed by atoms with van der Waals surface area (Å²) in [5.74, 6) is 1.61. The van der Waals surface area contributed by atoms with E-state index in [1.807, 2.05) is 0 Å². The molecule has 1 saturated heterocycles. The van der Waals surface area contributed by atoms with Gasteiger partial charge in [0.15, 0.2) is 0 Å². The second kappa shape index (κ2) is 6.72. The Hall–Kier alpha value is -0.120. The topological polar surface area (TPSA) is 35.5 Å². The number of likely N-dealkylation sites (tertiary alicyclic amines) is 1. The Balaban J connectivity index is 1.73. The summed E-state index contributed by atoms with van der Waals surface area (Å²) in [4.78, 5) is 2.63. The summed E-state index contributed by atoms with van der Waals surface area (Å²) in [6.07, 6.45) is 6.46. The van der Waals surface area contributed by atoms with Crippen molar-refractivity contribution in [3.63, 3.8) is 0 Å². The van der Waals surface area contributed by atoms with Crippen molar-refractivity contribution in [2.75, 3.05) is 32.8 Å². The van der Waals surface area contributed by atoms with Gasteiger partial charge in [-0.2, -0.15) is 0 Å². The molecule has 1 heterocycles. The lowest BCUT2D eigenvalue weighted by atomic mass is 10.0. The Labute approximate surface area is 106 Å². The van der Waals surface area contributed by atoms with Crippen LogP contribution in [-0.2, 0) is 0 Å². The molecule has 0 aromatic carbocycles. The molecular formula is C14H28N2O. The molecule has 0 aromatic heterocycles. The van der Waals surface area contributed by atoms with Crippen molar-refractivity contribution < 1.29 is 5.11 Å². The number of rotatable bonds is 6. The molecule has 0 amide bonds. The van der Waals surface area contributed by atoms with E-state index < -0.39 is 0 Å². The fourth-order valence-electron chi connectivity index (χ4n) is 3.61. The van der Waals surface area contributed by atoms with Crippen LogP contribution in [0.25, 0.3) is 0 Å². The van der Waals surface area contributed by atoms with E-state index in [0.717, 1.165) is 30.8 Å². The van der Waals surface area contributed by atoms with E-state index >= 15 is 0 Å². The number of aliphatic hydroxyl groups is 1. The van der Waals surface area contributed by atoms with Crippen LogP contribution in [0.5, 0.6) is 0 Å². The maximum atomic E-state index is 8.98. The molecule has 1 aliphatic heterocycles.